The van der Waals surface area contributed by atoms with Crippen molar-refractivity contribution in [3.8, 4) is 0 Å². The Labute approximate surface area is 99.6 Å². The van der Waals surface area contributed by atoms with Gasteiger partial charge in [0.15, 0.2) is 0 Å². The van der Waals surface area contributed by atoms with Crippen molar-refractivity contribution >= 4 is 15.9 Å². The number of fused-ring (bicyclic) bond motifs is 1. The molecule has 1 aliphatic heterocycles. The summed E-state index contributed by atoms with van der Waals surface area (Å²) in [4.78, 5) is 0. The van der Waals surface area contributed by atoms with E-state index in [0.717, 1.165) is 26.1 Å². The molecule has 2 nitrogen and oxygen atoms in total. The normalized spacial score (nSPS) is 20.0. The number of nitrogens with one attached hydrogen (secondary N) is 2. The Morgan fingerprint density at radius 1 is 1.53 bits per heavy atom. The van der Waals surface area contributed by atoms with Gasteiger partial charge in [0.05, 0.1) is 0 Å². The number of hydrogen-bond donors (Lipinski definition) is 2. The second-order valence-corrected chi connectivity index (χ2v) is 4.73. The van der Waals surface area contributed by atoms with Crippen molar-refractivity contribution in [1.82, 2.24) is 10.6 Å². The monoisotopic (exact) mass is 268 g/mol. The first kappa shape index (κ1) is 11.1. The third-order valence-electron chi connectivity index (χ3n) is 2.88. The van der Waals surface area contributed by atoms with Gasteiger partial charge in [-0.15, -0.1) is 0 Å². The molecule has 82 valence electrons. The van der Waals surface area contributed by atoms with Crippen LogP contribution in [0.4, 0.5) is 0 Å². The number of likely N-dealkylation sites (N-methyl/N-ethyl adjacent to an activating group) is 1. The van der Waals surface area contributed by atoms with E-state index >= 15 is 0 Å². The fraction of sp³-hybridized carbons (Fsp3) is 0.500. The summed E-state index contributed by atoms with van der Waals surface area (Å²) in [5, 5.41) is 6.96. The van der Waals surface area contributed by atoms with Crippen molar-refractivity contribution in [1.29, 1.82) is 0 Å². The van der Waals surface area contributed by atoms with Gasteiger partial charge in [-0.2, -0.15) is 0 Å². The van der Waals surface area contributed by atoms with Crippen molar-refractivity contribution in [2.45, 2.75) is 19.4 Å². The molecule has 1 aliphatic rings. The van der Waals surface area contributed by atoms with Crippen LogP contribution in [0.3, 0.4) is 0 Å². The zero-order valence-corrected chi connectivity index (χ0v) is 10.6. The van der Waals surface area contributed by atoms with Gasteiger partial charge in [0.1, 0.15) is 0 Å². The molecule has 0 spiro atoms. The van der Waals surface area contributed by atoms with E-state index in [2.05, 4.69) is 51.7 Å². The van der Waals surface area contributed by atoms with Crippen molar-refractivity contribution in [3.05, 3.63) is 33.8 Å². The third kappa shape index (κ3) is 2.41. The first-order chi connectivity index (χ1) is 7.33. The summed E-state index contributed by atoms with van der Waals surface area (Å²) in [5.41, 5.74) is 2.91. The Kier molecular flexibility index (Phi) is 3.78. The Morgan fingerprint density at radius 2 is 2.40 bits per heavy atom. The highest BCUT2D eigenvalue weighted by atomic mass is 79.9. The SMILES string of the molecule is CCNCC1NCCc2cccc(Br)c21. The van der Waals surface area contributed by atoms with Gasteiger partial charge in [-0.25, -0.2) is 0 Å². The number of hydrogen-bond acceptors (Lipinski definition) is 2. The molecular formula is C12H17BrN2. The summed E-state index contributed by atoms with van der Waals surface area (Å²) < 4.78 is 1.23. The van der Waals surface area contributed by atoms with Crippen LogP contribution in [0.25, 0.3) is 0 Å². The highest BCUT2D eigenvalue weighted by molar-refractivity contribution is 9.10. The van der Waals surface area contributed by atoms with Crippen molar-refractivity contribution in [2.24, 2.45) is 0 Å². The highest BCUT2D eigenvalue weighted by Gasteiger charge is 2.20. The lowest BCUT2D eigenvalue weighted by Gasteiger charge is -2.28. The average molecular weight is 269 g/mol. The molecule has 1 aromatic rings. The third-order valence-corrected chi connectivity index (χ3v) is 3.57. The van der Waals surface area contributed by atoms with Crippen LogP contribution in [-0.4, -0.2) is 19.6 Å². The van der Waals surface area contributed by atoms with Crippen LogP contribution in [0.2, 0.25) is 0 Å². The molecule has 0 fully saturated rings. The molecule has 0 saturated carbocycles. The maximum absolute atomic E-state index is 3.65. The molecule has 15 heavy (non-hydrogen) atoms. The molecule has 2 rings (SSSR count). The summed E-state index contributed by atoms with van der Waals surface area (Å²) in [6.45, 7) is 5.26. The average Bonchev–Trinajstić information content (AvgIpc) is 2.26. The molecule has 0 amide bonds. The van der Waals surface area contributed by atoms with Gasteiger partial charge in [0.2, 0.25) is 0 Å². The Balaban J connectivity index is 2.24. The Bertz CT molecular complexity index is 338. The predicted molar refractivity (Wildman–Crippen MR) is 67.1 cm³/mol. The molecule has 0 radical (unpaired) electrons. The summed E-state index contributed by atoms with van der Waals surface area (Å²) in [5.74, 6) is 0. The van der Waals surface area contributed by atoms with Gasteiger partial charge in [-0.3, -0.25) is 0 Å². The fourth-order valence-electron chi connectivity index (χ4n) is 2.14. The summed E-state index contributed by atoms with van der Waals surface area (Å²) in [6.07, 6.45) is 1.14. The molecule has 1 heterocycles. The van der Waals surface area contributed by atoms with Gasteiger partial charge < -0.3 is 10.6 Å². The van der Waals surface area contributed by atoms with Crippen LogP contribution < -0.4 is 10.6 Å². The first-order valence-electron chi connectivity index (χ1n) is 5.54. The van der Waals surface area contributed by atoms with Crippen LogP contribution in [0.1, 0.15) is 24.1 Å². The maximum Gasteiger partial charge on any atom is 0.0460 e. The summed E-state index contributed by atoms with van der Waals surface area (Å²) in [7, 11) is 0. The van der Waals surface area contributed by atoms with Crippen molar-refractivity contribution in [2.75, 3.05) is 19.6 Å². The van der Waals surface area contributed by atoms with Crippen LogP contribution in [0.15, 0.2) is 22.7 Å². The number of halogens is 1. The molecule has 0 bridgehead atoms. The molecule has 1 atom stereocenters. The molecule has 0 saturated heterocycles. The lowest BCUT2D eigenvalue weighted by Crippen LogP contribution is -2.37. The van der Waals surface area contributed by atoms with E-state index < -0.39 is 0 Å². The van der Waals surface area contributed by atoms with Crippen molar-refractivity contribution < 1.29 is 0 Å². The Morgan fingerprint density at radius 3 is 3.20 bits per heavy atom. The smallest absolute Gasteiger partial charge is 0.0460 e. The lowest BCUT2D eigenvalue weighted by molar-refractivity contribution is 0.472. The quantitative estimate of drug-likeness (QED) is 0.879. The molecule has 3 heteroatoms. The molecule has 0 aliphatic carbocycles. The molecule has 2 N–H and O–H groups in total. The lowest BCUT2D eigenvalue weighted by atomic mass is 9.94. The van der Waals surface area contributed by atoms with Gasteiger partial charge in [-0.05, 0) is 36.7 Å². The molecule has 0 aromatic heterocycles. The van der Waals surface area contributed by atoms with Crippen LogP contribution >= 0.6 is 15.9 Å². The Hall–Kier alpha value is -0.380. The number of rotatable bonds is 3. The summed E-state index contributed by atoms with van der Waals surface area (Å²) >= 11 is 3.65. The fourth-order valence-corrected chi connectivity index (χ4v) is 2.82. The molecule has 1 aromatic carbocycles. The van der Waals surface area contributed by atoms with E-state index in [9.17, 15) is 0 Å². The minimum atomic E-state index is 0.448. The minimum Gasteiger partial charge on any atom is -0.315 e. The van der Waals surface area contributed by atoms with Gasteiger partial charge in [0, 0.05) is 17.1 Å². The van der Waals surface area contributed by atoms with Crippen LogP contribution in [-0.2, 0) is 6.42 Å². The van der Waals surface area contributed by atoms with E-state index in [-0.39, 0.29) is 0 Å². The van der Waals surface area contributed by atoms with Gasteiger partial charge >= 0.3 is 0 Å². The van der Waals surface area contributed by atoms with Gasteiger partial charge in [-0.1, -0.05) is 35.0 Å². The largest absolute Gasteiger partial charge is 0.315 e. The van der Waals surface area contributed by atoms with E-state index in [0.29, 0.717) is 6.04 Å². The highest BCUT2D eigenvalue weighted by Crippen LogP contribution is 2.29. The van der Waals surface area contributed by atoms with E-state index in [1.165, 1.54) is 15.6 Å². The van der Waals surface area contributed by atoms with E-state index in [1.807, 2.05) is 0 Å². The first-order valence-corrected chi connectivity index (χ1v) is 6.33. The van der Waals surface area contributed by atoms with Crippen LogP contribution in [0.5, 0.6) is 0 Å². The minimum absolute atomic E-state index is 0.448. The van der Waals surface area contributed by atoms with E-state index in [4.69, 9.17) is 0 Å². The molecule has 1 unspecified atom stereocenters. The number of benzene rings is 1. The second-order valence-electron chi connectivity index (χ2n) is 3.88. The predicted octanol–water partition coefficient (Wildman–Crippen LogP) is 2.25. The zero-order chi connectivity index (χ0) is 10.7. The zero-order valence-electron chi connectivity index (χ0n) is 9.02. The van der Waals surface area contributed by atoms with Crippen LogP contribution in [0, 0.1) is 0 Å². The summed E-state index contributed by atoms with van der Waals surface area (Å²) in [6, 6.07) is 6.94. The molecular weight excluding hydrogens is 252 g/mol. The van der Waals surface area contributed by atoms with E-state index in [1.54, 1.807) is 0 Å². The second kappa shape index (κ2) is 5.10. The van der Waals surface area contributed by atoms with Gasteiger partial charge in [0.25, 0.3) is 0 Å². The van der Waals surface area contributed by atoms with Crippen molar-refractivity contribution in [3.63, 3.8) is 0 Å². The topological polar surface area (TPSA) is 24.1 Å². The standard InChI is InChI=1S/C12H17BrN2/c1-2-14-8-11-12-9(6-7-15-11)4-3-5-10(12)13/h3-5,11,14-15H,2,6-8H2,1H3. The maximum atomic E-state index is 3.65.